The predicted octanol–water partition coefficient (Wildman–Crippen LogP) is 13.6. The molecule has 64 heavy (non-hydrogen) atoms. The molecule has 360 valence electrons. The third-order valence-electron chi connectivity index (χ3n) is 11.7. The standard InChI is InChI=1S/2C27H37N2.4ClH.2Cu/c2*1-18(2)22-11-9-12-23(19(3)4)26(22)28-15-16-29(17-28)27-24(20(5)6)13-10-14-25(27)21(7)8;;;;;;/h2*9-21H,1-8H3;4*1H;;/q2*+1;;;;;2*+1/p-4. The fourth-order valence-electron chi connectivity index (χ4n) is 8.48. The zero-order valence-corrected chi connectivity index (χ0v) is 45.8. The topological polar surface area (TPSA) is 17.6 Å². The number of nitrogens with zero attached hydrogens (tertiary/aromatic N) is 4. The van der Waals surface area contributed by atoms with Crippen LogP contribution in [0.1, 0.15) is 203 Å². The number of aromatic nitrogens is 4. The van der Waals surface area contributed by atoms with Crippen molar-refractivity contribution in [2.75, 3.05) is 0 Å². The van der Waals surface area contributed by atoms with Crippen LogP contribution in [-0.4, -0.2) is 9.13 Å². The van der Waals surface area contributed by atoms with Crippen molar-refractivity contribution in [3.8, 4) is 22.7 Å². The van der Waals surface area contributed by atoms with Gasteiger partial charge in [-0.3, -0.25) is 0 Å². The number of para-hydroxylation sites is 4. The van der Waals surface area contributed by atoms with E-state index < -0.39 is 0 Å². The summed E-state index contributed by atoms with van der Waals surface area (Å²) < 4.78 is 9.30. The first-order chi connectivity index (χ1) is 29.9. The quantitative estimate of drug-likeness (QED) is 0.0859. The maximum atomic E-state index is 4.67. The molecule has 4 nitrogen and oxygen atoms in total. The van der Waals surface area contributed by atoms with Crippen LogP contribution in [0.15, 0.2) is 110 Å². The van der Waals surface area contributed by atoms with E-state index in [2.05, 4.69) is 285 Å². The van der Waals surface area contributed by atoms with Crippen LogP contribution >= 0.6 is 30.3 Å². The summed E-state index contributed by atoms with van der Waals surface area (Å²) in [7, 11) is 13.5. The van der Waals surface area contributed by atoms with Crippen molar-refractivity contribution in [1.29, 1.82) is 0 Å². The molecule has 4 aromatic carbocycles. The number of benzene rings is 4. The van der Waals surface area contributed by atoms with Crippen molar-refractivity contribution >= 4 is 30.3 Å². The second-order valence-corrected chi connectivity index (χ2v) is 20.4. The first-order valence-corrected chi connectivity index (χ1v) is 26.4. The van der Waals surface area contributed by atoms with Crippen LogP contribution < -0.4 is 21.5 Å². The van der Waals surface area contributed by atoms with Gasteiger partial charge in [0.2, 0.25) is 0 Å². The molecule has 6 rings (SSSR count). The van der Waals surface area contributed by atoms with Crippen molar-refractivity contribution in [1.82, 2.24) is 9.13 Å². The van der Waals surface area contributed by atoms with Gasteiger partial charge < -0.3 is 12.4 Å². The third-order valence-corrected chi connectivity index (χ3v) is 11.7. The maximum absolute atomic E-state index is 4.67. The molecule has 0 aliphatic carbocycles. The van der Waals surface area contributed by atoms with Gasteiger partial charge in [0.1, 0.15) is 47.5 Å². The summed E-state index contributed by atoms with van der Waals surface area (Å²) in [5, 5.41) is 0. The number of halogens is 4. The van der Waals surface area contributed by atoms with Gasteiger partial charge in [-0.25, -0.2) is 18.3 Å². The zero-order chi connectivity index (χ0) is 47.3. The Morgan fingerprint density at radius 2 is 0.578 bits per heavy atom. The van der Waals surface area contributed by atoms with Crippen LogP contribution in [-0.2, 0) is 28.2 Å². The molecule has 6 aromatic rings. The van der Waals surface area contributed by atoms with Crippen LogP contribution in [0.25, 0.3) is 22.7 Å². The molecule has 0 saturated carbocycles. The van der Waals surface area contributed by atoms with E-state index in [-0.39, 0.29) is 12.4 Å². The molecular weight excluding hydrogens is 974 g/mol. The van der Waals surface area contributed by atoms with Gasteiger partial charge in [-0.15, -0.1) is 0 Å². The molecule has 0 amide bonds. The molecule has 0 bridgehead atoms. The summed E-state index contributed by atoms with van der Waals surface area (Å²) in [6, 6.07) is 27.0. The first-order valence-electron chi connectivity index (χ1n) is 22.5. The molecule has 0 atom stereocenters. The average molecular weight is 1050 g/mol. The van der Waals surface area contributed by atoms with E-state index >= 15 is 0 Å². The Balaban J connectivity index is 0.000000394. The van der Waals surface area contributed by atoms with Gasteiger partial charge in [0, 0.05) is 44.5 Å². The minimum absolute atomic E-state index is 0. The molecule has 0 N–H and O–H groups in total. The Hall–Kier alpha value is -2.50. The molecule has 10 heteroatoms. The Bertz CT molecular complexity index is 1900. The molecule has 0 radical (unpaired) electrons. The van der Waals surface area contributed by atoms with Crippen molar-refractivity contribution in [2.45, 2.75) is 158 Å². The fraction of sp³-hybridized carbons (Fsp3) is 0.444. The number of imidazole rings is 2. The van der Waals surface area contributed by atoms with Crippen molar-refractivity contribution in [3.05, 3.63) is 155 Å². The minimum atomic E-state index is 0. The SMILES string of the molecule is CC(C)c1cccc(C(C)C)c1-n1cc[n+](-c2c(C(C)C)cccc2C(C)C)c1.CC(C)c1cccc(C(C)C)c1-n1cc[n+](-c2c(C(C)C)cccc2C(C)C)c1.[Cl-].[Cl][Cu-][Cl].[Cl][Cu]. The van der Waals surface area contributed by atoms with Crippen LogP contribution in [0.3, 0.4) is 0 Å². The van der Waals surface area contributed by atoms with E-state index in [9.17, 15) is 0 Å². The van der Waals surface area contributed by atoms with Gasteiger partial charge in [0.05, 0.1) is 0 Å². The second kappa shape index (κ2) is 27.3. The molecule has 0 saturated heterocycles. The van der Waals surface area contributed by atoms with E-state index in [0.717, 1.165) is 13.1 Å². The Morgan fingerprint density at radius 3 is 0.766 bits per heavy atom. The molecule has 0 unspecified atom stereocenters. The molecule has 2 aromatic heterocycles. The molecule has 2 heterocycles. The van der Waals surface area contributed by atoms with Crippen molar-refractivity contribution in [3.63, 3.8) is 0 Å². The zero-order valence-electron chi connectivity index (χ0n) is 40.9. The summed E-state index contributed by atoms with van der Waals surface area (Å²) >= 11 is 4.42. The van der Waals surface area contributed by atoms with E-state index in [1.807, 2.05) is 0 Å². The number of hydrogen-bond acceptors (Lipinski definition) is 0. The van der Waals surface area contributed by atoms with Gasteiger partial charge in [-0.05, 0) is 47.3 Å². The van der Waals surface area contributed by atoms with Gasteiger partial charge in [0.15, 0.2) is 0 Å². The van der Waals surface area contributed by atoms with Crippen molar-refractivity contribution in [2.24, 2.45) is 0 Å². The summed E-state index contributed by atoms with van der Waals surface area (Å²) in [5.74, 6) is 3.84. The summed E-state index contributed by atoms with van der Waals surface area (Å²) in [4.78, 5) is 0. The van der Waals surface area contributed by atoms with E-state index in [4.69, 9.17) is 0 Å². The molecule has 0 fully saturated rings. The van der Waals surface area contributed by atoms with Crippen molar-refractivity contribution < 1.29 is 49.8 Å². The van der Waals surface area contributed by atoms with Gasteiger partial charge in [0.25, 0.3) is 12.7 Å². The predicted molar refractivity (Wildman–Crippen MR) is 265 cm³/mol. The van der Waals surface area contributed by atoms with Gasteiger partial charge >= 0.3 is 58.5 Å². The molecule has 0 spiro atoms. The molecular formula is C54H74Cl4Cu2N4. The second-order valence-electron chi connectivity index (χ2n) is 18.9. The number of hydrogen-bond donors (Lipinski definition) is 0. The third kappa shape index (κ3) is 14.3. The normalized spacial score (nSPS) is 11.3. The Morgan fingerprint density at radius 1 is 0.391 bits per heavy atom. The van der Waals surface area contributed by atoms with Gasteiger partial charge in [-0.1, -0.05) is 184 Å². The van der Waals surface area contributed by atoms with Crippen LogP contribution in [0.2, 0.25) is 0 Å². The Labute approximate surface area is 421 Å². The van der Waals surface area contributed by atoms with E-state index in [1.165, 1.54) is 67.3 Å². The van der Waals surface area contributed by atoms with Crippen LogP contribution in [0, 0.1) is 0 Å². The first kappa shape index (κ1) is 57.6. The Kier molecular flexibility index (Phi) is 24.6. The summed E-state index contributed by atoms with van der Waals surface area (Å²) in [6.45, 7) is 36.5. The summed E-state index contributed by atoms with van der Waals surface area (Å²) in [5.41, 5.74) is 16.6. The van der Waals surface area contributed by atoms with E-state index in [1.54, 1.807) is 0 Å². The molecule has 0 aliphatic rings. The van der Waals surface area contributed by atoms with Crippen LogP contribution in [0.4, 0.5) is 0 Å². The molecule has 0 aliphatic heterocycles. The number of rotatable bonds is 12. The van der Waals surface area contributed by atoms with Gasteiger partial charge in [-0.2, -0.15) is 0 Å². The van der Waals surface area contributed by atoms with Crippen LogP contribution in [0.5, 0.6) is 0 Å². The fourth-order valence-corrected chi connectivity index (χ4v) is 8.48. The summed E-state index contributed by atoms with van der Waals surface area (Å²) in [6.07, 6.45) is 13.4. The monoisotopic (exact) mass is 1040 g/mol. The average Bonchev–Trinajstić information content (AvgIpc) is 3.94. The van der Waals surface area contributed by atoms with E-state index in [0.29, 0.717) is 47.3 Å².